The molecule has 1 heterocycles. The zero-order valence-corrected chi connectivity index (χ0v) is 15.1. The smallest absolute Gasteiger partial charge is 0.317 e. The lowest BCUT2D eigenvalue weighted by Crippen LogP contribution is -2.68. The van der Waals surface area contributed by atoms with Crippen LogP contribution in [0.5, 0.6) is 0 Å². The van der Waals surface area contributed by atoms with Gasteiger partial charge in [-0.1, -0.05) is 0 Å². The van der Waals surface area contributed by atoms with Crippen LogP contribution in [0.2, 0.25) is 0 Å². The van der Waals surface area contributed by atoms with E-state index in [9.17, 15) is 9.90 Å². The summed E-state index contributed by atoms with van der Waals surface area (Å²) < 4.78 is 5.39. The summed E-state index contributed by atoms with van der Waals surface area (Å²) in [5, 5.41) is 33.9. The molecule has 6 unspecified atom stereocenters. The maximum absolute atomic E-state index is 12.3. The normalized spacial score (nSPS) is 34.3. The van der Waals surface area contributed by atoms with E-state index in [1.807, 2.05) is 6.92 Å². The van der Waals surface area contributed by atoms with Crippen molar-refractivity contribution < 1.29 is 19.7 Å². The van der Waals surface area contributed by atoms with Crippen LogP contribution in [0, 0.1) is 0 Å². The SMILES string of the molecule is COC1CCCC(NC(=O)NC2NC(C)CC(NCC(O)CO)N2)C1. The lowest BCUT2D eigenvalue weighted by atomic mass is 9.93. The summed E-state index contributed by atoms with van der Waals surface area (Å²) in [4.78, 5) is 12.3. The zero-order chi connectivity index (χ0) is 18.2. The van der Waals surface area contributed by atoms with Crippen molar-refractivity contribution in [3.63, 3.8) is 0 Å². The van der Waals surface area contributed by atoms with Gasteiger partial charge in [-0.25, -0.2) is 4.79 Å². The molecule has 2 fully saturated rings. The summed E-state index contributed by atoms with van der Waals surface area (Å²) >= 11 is 0. The summed E-state index contributed by atoms with van der Waals surface area (Å²) in [6.07, 6.45) is 3.72. The molecule has 1 saturated heterocycles. The Hall–Kier alpha value is -0.970. The molecule has 1 aliphatic heterocycles. The monoisotopic (exact) mass is 359 g/mol. The fraction of sp³-hybridized carbons (Fsp3) is 0.938. The third-order valence-electron chi connectivity index (χ3n) is 4.79. The Morgan fingerprint density at radius 2 is 2.08 bits per heavy atom. The Labute approximate surface area is 149 Å². The molecular weight excluding hydrogens is 326 g/mol. The highest BCUT2D eigenvalue weighted by molar-refractivity contribution is 5.74. The first-order chi connectivity index (χ1) is 12.0. The van der Waals surface area contributed by atoms with Crippen molar-refractivity contribution >= 4 is 6.03 Å². The molecule has 0 aromatic rings. The average molecular weight is 359 g/mol. The molecule has 0 bridgehead atoms. The molecule has 1 saturated carbocycles. The van der Waals surface area contributed by atoms with E-state index in [4.69, 9.17) is 9.84 Å². The van der Waals surface area contributed by atoms with E-state index in [1.54, 1.807) is 7.11 Å². The highest BCUT2D eigenvalue weighted by atomic mass is 16.5. The van der Waals surface area contributed by atoms with Crippen molar-refractivity contribution in [1.29, 1.82) is 0 Å². The Morgan fingerprint density at radius 3 is 2.80 bits per heavy atom. The fourth-order valence-corrected chi connectivity index (χ4v) is 3.44. The Kier molecular flexibility index (Phi) is 8.34. The van der Waals surface area contributed by atoms with E-state index in [1.165, 1.54) is 0 Å². The van der Waals surface area contributed by atoms with Gasteiger partial charge in [0.2, 0.25) is 0 Å². The first kappa shape index (κ1) is 20.3. The minimum absolute atomic E-state index is 0.0599. The van der Waals surface area contributed by atoms with E-state index in [0.717, 1.165) is 32.1 Å². The van der Waals surface area contributed by atoms with Crippen LogP contribution in [0.4, 0.5) is 4.79 Å². The van der Waals surface area contributed by atoms with Gasteiger partial charge in [0.25, 0.3) is 0 Å². The highest BCUT2D eigenvalue weighted by Crippen LogP contribution is 2.20. The van der Waals surface area contributed by atoms with Crippen molar-refractivity contribution in [2.45, 2.75) is 75.8 Å². The molecule has 9 heteroatoms. The van der Waals surface area contributed by atoms with Crippen LogP contribution in [-0.2, 0) is 4.74 Å². The molecule has 0 aromatic carbocycles. The third-order valence-corrected chi connectivity index (χ3v) is 4.79. The number of hydrogen-bond donors (Lipinski definition) is 7. The molecular formula is C16H33N5O4. The minimum atomic E-state index is -0.790. The number of aliphatic hydroxyl groups excluding tert-OH is 2. The maximum Gasteiger partial charge on any atom is 0.317 e. The van der Waals surface area contributed by atoms with Crippen molar-refractivity contribution in [1.82, 2.24) is 26.6 Å². The van der Waals surface area contributed by atoms with Crippen molar-refractivity contribution in [2.75, 3.05) is 20.3 Å². The maximum atomic E-state index is 12.3. The van der Waals surface area contributed by atoms with Gasteiger partial charge < -0.3 is 25.6 Å². The van der Waals surface area contributed by atoms with Gasteiger partial charge in [0.15, 0.2) is 0 Å². The van der Waals surface area contributed by atoms with Crippen LogP contribution in [0.1, 0.15) is 39.0 Å². The molecule has 25 heavy (non-hydrogen) atoms. The lowest BCUT2D eigenvalue weighted by molar-refractivity contribution is 0.0600. The quantitative estimate of drug-likeness (QED) is 0.303. The highest BCUT2D eigenvalue weighted by Gasteiger charge is 2.28. The van der Waals surface area contributed by atoms with Crippen LogP contribution >= 0.6 is 0 Å². The molecule has 0 radical (unpaired) electrons. The second-order valence-corrected chi connectivity index (χ2v) is 7.04. The molecule has 9 nitrogen and oxygen atoms in total. The lowest BCUT2D eigenvalue weighted by Gasteiger charge is -2.37. The van der Waals surface area contributed by atoms with Crippen LogP contribution in [0.15, 0.2) is 0 Å². The molecule has 1 aliphatic carbocycles. The largest absolute Gasteiger partial charge is 0.394 e. The standard InChI is InChI=1S/C16H33N5O4/c1-10-6-14(17-8-12(23)9-22)20-15(18-10)21-16(24)19-11-4-3-5-13(7-11)25-2/h10-15,17-18,20,22-23H,3-9H2,1-2H3,(H2,19,21,24). The number of carbonyl (C=O) groups is 1. The van der Waals surface area contributed by atoms with Gasteiger partial charge in [-0.15, -0.1) is 0 Å². The molecule has 146 valence electrons. The Morgan fingerprint density at radius 1 is 1.28 bits per heavy atom. The van der Waals surface area contributed by atoms with Gasteiger partial charge >= 0.3 is 6.03 Å². The van der Waals surface area contributed by atoms with Gasteiger partial charge in [0.1, 0.15) is 6.29 Å². The third kappa shape index (κ3) is 7.04. The van der Waals surface area contributed by atoms with Crippen LogP contribution < -0.4 is 26.6 Å². The second-order valence-electron chi connectivity index (χ2n) is 7.04. The molecule has 0 spiro atoms. The van der Waals surface area contributed by atoms with Gasteiger partial charge in [-0.05, 0) is 39.0 Å². The summed E-state index contributed by atoms with van der Waals surface area (Å²) in [5.41, 5.74) is 0. The van der Waals surface area contributed by atoms with Crippen molar-refractivity contribution in [3.05, 3.63) is 0 Å². The molecule has 2 rings (SSSR count). The van der Waals surface area contributed by atoms with Crippen molar-refractivity contribution in [3.8, 4) is 0 Å². The number of urea groups is 1. The number of hydrogen-bond acceptors (Lipinski definition) is 7. The molecule has 0 aromatic heterocycles. The van der Waals surface area contributed by atoms with E-state index >= 15 is 0 Å². The van der Waals surface area contributed by atoms with E-state index in [2.05, 4.69) is 26.6 Å². The molecule has 2 aliphatic rings. The number of amides is 2. The van der Waals surface area contributed by atoms with Gasteiger partial charge in [-0.2, -0.15) is 0 Å². The summed E-state index contributed by atoms with van der Waals surface area (Å²) in [5.74, 6) is 0. The van der Waals surface area contributed by atoms with Crippen LogP contribution in [-0.4, -0.2) is 73.3 Å². The number of carbonyl (C=O) groups excluding carboxylic acids is 1. The van der Waals surface area contributed by atoms with Gasteiger partial charge in [0.05, 0.1) is 25.0 Å². The minimum Gasteiger partial charge on any atom is -0.394 e. The number of aliphatic hydroxyl groups is 2. The zero-order valence-electron chi connectivity index (χ0n) is 15.1. The number of methoxy groups -OCH3 is 1. The first-order valence-corrected chi connectivity index (χ1v) is 9.14. The predicted octanol–water partition coefficient (Wildman–Crippen LogP) is -1.23. The number of nitrogens with one attached hydrogen (secondary N) is 5. The topological polar surface area (TPSA) is 127 Å². The van der Waals surface area contributed by atoms with Crippen LogP contribution in [0.25, 0.3) is 0 Å². The first-order valence-electron chi connectivity index (χ1n) is 9.14. The predicted molar refractivity (Wildman–Crippen MR) is 93.7 cm³/mol. The number of ether oxygens (including phenoxy) is 1. The van der Waals surface area contributed by atoms with Gasteiger partial charge in [-0.3, -0.25) is 16.0 Å². The van der Waals surface area contributed by atoms with Crippen LogP contribution in [0.3, 0.4) is 0 Å². The molecule has 6 atom stereocenters. The van der Waals surface area contributed by atoms with E-state index < -0.39 is 6.10 Å². The van der Waals surface area contributed by atoms with Crippen molar-refractivity contribution in [2.24, 2.45) is 0 Å². The summed E-state index contributed by atoms with van der Waals surface area (Å²) in [6.45, 7) is 2.05. The Bertz CT molecular complexity index is 414. The summed E-state index contributed by atoms with van der Waals surface area (Å²) in [6, 6.07) is 0.117. The average Bonchev–Trinajstić information content (AvgIpc) is 2.59. The Balaban J connectivity index is 1.75. The van der Waals surface area contributed by atoms with E-state index in [-0.39, 0.29) is 43.3 Å². The van der Waals surface area contributed by atoms with Gasteiger partial charge in [0, 0.05) is 25.7 Å². The molecule has 7 N–H and O–H groups in total. The summed E-state index contributed by atoms with van der Waals surface area (Å²) in [7, 11) is 1.71. The second kappa shape index (κ2) is 10.2. The van der Waals surface area contributed by atoms with E-state index in [0.29, 0.717) is 6.54 Å². The molecule has 2 amide bonds. The number of rotatable bonds is 7. The fourth-order valence-electron chi connectivity index (χ4n) is 3.44.